The van der Waals surface area contributed by atoms with E-state index in [1.165, 1.54) is 0 Å². The maximum absolute atomic E-state index is 14.7. The van der Waals surface area contributed by atoms with Crippen molar-refractivity contribution in [1.29, 1.82) is 0 Å². The number of carbonyl (C=O) groups is 19. The number of carbonyl (C=O) groups excluding carboxylic acids is 15. The van der Waals surface area contributed by atoms with E-state index in [2.05, 4.69) is 53.2 Å². The van der Waals surface area contributed by atoms with E-state index >= 15 is 0 Å². The van der Waals surface area contributed by atoms with Gasteiger partial charge in [0.25, 0.3) is 0 Å². The smallest absolute Gasteiger partial charge is 0.328 e. The molecule has 2 saturated heterocycles. The highest BCUT2D eigenvalue weighted by Gasteiger charge is 2.45. The second-order valence-electron chi connectivity index (χ2n) is 27.8. The lowest BCUT2D eigenvalue weighted by Crippen LogP contribution is -2.62. The number of likely N-dealkylation sites (tertiary alicyclic amines) is 2. The van der Waals surface area contributed by atoms with E-state index in [1.807, 2.05) is 5.32 Å². The first-order valence-electron chi connectivity index (χ1n) is 36.7. The highest BCUT2D eigenvalue weighted by Crippen LogP contribution is 2.24. The second kappa shape index (κ2) is 49.1. The van der Waals surface area contributed by atoms with E-state index in [0.717, 1.165) is 30.6 Å². The van der Waals surface area contributed by atoms with Crippen LogP contribution in [0.2, 0.25) is 0 Å². The molecule has 17 atom stereocenters. The molecule has 15 amide bonds. The van der Waals surface area contributed by atoms with Crippen LogP contribution >= 0.6 is 0 Å². The third-order valence-electron chi connectivity index (χ3n) is 18.1. The zero-order chi connectivity index (χ0) is 85.0. The first-order valence-corrected chi connectivity index (χ1v) is 36.7. The van der Waals surface area contributed by atoms with Crippen molar-refractivity contribution in [1.82, 2.24) is 68.3 Å². The number of hydrogen-bond donors (Lipinski definition) is 24. The number of rotatable bonds is 53. The highest BCUT2D eigenvalue weighted by atomic mass is 16.4. The van der Waals surface area contributed by atoms with Gasteiger partial charge < -0.3 is 138 Å². The number of amides is 15. The molecule has 0 saturated carbocycles. The van der Waals surface area contributed by atoms with E-state index in [0.29, 0.717) is 6.42 Å². The summed E-state index contributed by atoms with van der Waals surface area (Å²) >= 11 is 0. The number of nitrogens with two attached hydrogens (primary N) is 5. The number of hydrogen-bond acceptors (Lipinski definition) is 26. The molecule has 2 heterocycles. The fourth-order valence-corrected chi connectivity index (χ4v) is 11.9. The van der Waals surface area contributed by atoms with Crippen LogP contribution in [0, 0.1) is 5.92 Å². The molecule has 0 radical (unpaired) electrons. The van der Waals surface area contributed by atoms with E-state index < -0.39 is 280 Å². The van der Waals surface area contributed by atoms with Crippen molar-refractivity contribution in [3.05, 3.63) is 0 Å². The molecule has 45 heteroatoms. The Kier molecular flexibility index (Phi) is 42.9. The Bertz CT molecular complexity index is 3310. The number of nitrogens with zero attached hydrogens (tertiary/aromatic N) is 2. The van der Waals surface area contributed by atoms with E-state index in [4.69, 9.17) is 28.7 Å². The summed E-state index contributed by atoms with van der Waals surface area (Å²) in [5, 5.41) is 104. The van der Waals surface area contributed by atoms with Crippen LogP contribution in [0.25, 0.3) is 0 Å². The monoisotopic (exact) mass is 1600 g/mol. The molecule has 45 nitrogen and oxygen atoms in total. The first-order chi connectivity index (χ1) is 52.5. The summed E-state index contributed by atoms with van der Waals surface area (Å²) in [5.41, 5.74) is 28.0. The van der Waals surface area contributed by atoms with Gasteiger partial charge in [-0.2, -0.15) is 0 Å². The van der Waals surface area contributed by atoms with Crippen molar-refractivity contribution in [3.8, 4) is 0 Å². The minimum Gasteiger partial charge on any atom is -0.481 e. The van der Waals surface area contributed by atoms with Gasteiger partial charge in [0.2, 0.25) is 88.6 Å². The number of aliphatic carboxylic acids is 4. The van der Waals surface area contributed by atoms with E-state index in [-0.39, 0.29) is 96.3 Å². The number of aliphatic hydroxyl groups excluding tert-OH is 4. The molecule has 0 aromatic rings. The quantitative estimate of drug-likeness (QED) is 0.0252. The molecule has 632 valence electrons. The Balaban J connectivity index is 2.47. The van der Waals surface area contributed by atoms with Crippen molar-refractivity contribution >= 4 is 112 Å². The summed E-state index contributed by atoms with van der Waals surface area (Å²) in [6.07, 6.45) is -10.7. The summed E-state index contributed by atoms with van der Waals surface area (Å²) in [4.78, 5) is 256. The van der Waals surface area contributed by atoms with E-state index in [9.17, 15) is 132 Å². The largest absolute Gasteiger partial charge is 0.481 e. The molecule has 2 aliphatic heterocycles. The third-order valence-corrected chi connectivity index (χ3v) is 18.1. The Morgan fingerprint density at radius 1 is 0.384 bits per heavy atom. The van der Waals surface area contributed by atoms with Crippen molar-refractivity contribution in [2.75, 3.05) is 32.8 Å². The maximum Gasteiger partial charge on any atom is 0.328 e. The number of primary amides is 2. The molecule has 0 spiro atoms. The van der Waals surface area contributed by atoms with Gasteiger partial charge in [0.05, 0.1) is 31.3 Å². The summed E-state index contributed by atoms with van der Waals surface area (Å²) < 4.78 is 0. The van der Waals surface area contributed by atoms with Crippen molar-refractivity contribution < 1.29 is 132 Å². The fourth-order valence-electron chi connectivity index (χ4n) is 11.9. The molecule has 0 unspecified atom stereocenters. The Hall–Kier alpha value is -10.3. The van der Waals surface area contributed by atoms with Gasteiger partial charge >= 0.3 is 23.9 Å². The maximum atomic E-state index is 14.7. The zero-order valence-corrected chi connectivity index (χ0v) is 63.2. The number of carboxylic acids is 4. The first kappa shape index (κ1) is 97.7. The lowest BCUT2D eigenvalue weighted by atomic mass is 10.0. The van der Waals surface area contributed by atoms with Crippen LogP contribution in [-0.2, 0) is 91.1 Å². The molecule has 0 aliphatic carbocycles. The molecular formula is C67H112N18O27. The van der Waals surface area contributed by atoms with Crippen molar-refractivity contribution in [3.63, 3.8) is 0 Å². The second-order valence-corrected chi connectivity index (χ2v) is 27.8. The fraction of sp³-hybridized carbons (Fsp3) is 0.716. The summed E-state index contributed by atoms with van der Waals surface area (Å²) in [5.74, 6) is -23.1. The standard InChI is InChI=1S/C67H112N18O27/c1-31(2)28-41(65(109)84-26-11-15-45(84)62(106)81-43(30-86)60(104)74-35(12-6-8-24-68)54(98)76-39(18-22-49(94)95)59(103)83-53(34(5)89)67(111)112)80-61(105)44-14-10-27-85(44)66(110)42(29-47(71)91)79-55(99)36(13-7-9-25-69)73-57(101)38(17-21-48(92)93)75-56(100)37(16-20-46(70)90)78-64(108)52(33(4)88)82-58(102)40(19-23-50(96)97)77-63(107)51(72)32(3)87/h31-45,51-53,86-89H,6-30,68-69,72H2,1-5H3,(H2,70,90)(H2,71,91)(H,73,101)(H,74,104)(H,75,100)(H,76,98)(H,77,107)(H,78,108)(H,79,99)(H,80,105)(H,81,106)(H,82,102)(H,83,103)(H,92,93)(H,94,95)(H,96,97)(H,111,112)/t32-,33-,34-,35+,36+,37+,38+,39+,40+,41+,42+,43+,44+,45+,51+,52+,53+/m1/s1. The normalized spacial score (nSPS) is 18.0. The minimum atomic E-state index is -2.02. The SMILES string of the molecule is CC(C)C[C@H](NC(=O)[C@@H]1CCCN1C(=O)[C@H](CC(N)=O)NC(=O)[C@H](CCCCN)NC(=O)[C@H](CCC(=O)O)NC(=O)[C@H](CCC(N)=O)NC(=O)[C@@H](NC(=O)[C@H](CCC(=O)O)NC(=O)[C@@H](N)[C@@H](C)O)[C@@H](C)O)C(=O)N1CCC[C@H]1C(=O)N[C@@H](CO)C(=O)N[C@@H](CCCCN)C(=O)N[C@@H](CCC(=O)O)C(=O)N[C@H](C(=O)O)[C@@H](C)O. The molecule has 2 aliphatic rings. The average molecular weight is 1600 g/mol. The zero-order valence-electron chi connectivity index (χ0n) is 63.2. The van der Waals surface area contributed by atoms with Crippen LogP contribution in [0.5, 0.6) is 0 Å². The summed E-state index contributed by atoms with van der Waals surface area (Å²) in [6, 6.07) is -23.8. The molecule has 2 fully saturated rings. The Labute approximate surface area is 644 Å². The van der Waals surface area contributed by atoms with Crippen LogP contribution in [0.1, 0.15) is 163 Å². The molecule has 2 rings (SSSR count). The summed E-state index contributed by atoms with van der Waals surface area (Å²) in [7, 11) is 0. The van der Waals surface area contributed by atoms with Gasteiger partial charge in [0.15, 0.2) is 6.04 Å². The van der Waals surface area contributed by atoms with Crippen LogP contribution in [0.4, 0.5) is 0 Å². The predicted molar refractivity (Wildman–Crippen MR) is 387 cm³/mol. The van der Waals surface area contributed by atoms with Crippen LogP contribution in [-0.4, -0.2) is 299 Å². The lowest BCUT2D eigenvalue weighted by Gasteiger charge is -2.33. The highest BCUT2D eigenvalue weighted by molar-refractivity contribution is 6.01. The summed E-state index contributed by atoms with van der Waals surface area (Å²) in [6.45, 7) is 5.49. The van der Waals surface area contributed by atoms with Crippen molar-refractivity contribution in [2.45, 2.75) is 266 Å². The number of carboxylic acid groups (broad SMARTS) is 4. The van der Waals surface area contributed by atoms with Crippen LogP contribution in [0.15, 0.2) is 0 Å². The molecule has 0 bridgehead atoms. The minimum absolute atomic E-state index is 0.00296. The third kappa shape index (κ3) is 33.7. The molecule has 0 aromatic carbocycles. The number of nitrogens with one attached hydrogen (secondary N) is 11. The molecule has 0 aromatic heterocycles. The topological polar surface area (TPSA) is 755 Å². The van der Waals surface area contributed by atoms with E-state index in [1.54, 1.807) is 13.8 Å². The Morgan fingerprint density at radius 3 is 1.05 bits per heavy atom. The van der Waals surface area contributed by atoms with Gasteiger partial charge in [-0.15, -0.1) is 0 Å². The molecule has 112 heavy (non-hydrogen) atoms. The lowest BCUT2D eigenvalue weighted by molar-refractivity contribution is -0.146. The van der Waals surface area contributed by atoms with Gasteiger partial charge in [-0.05, 0) is 136 Å². The predicted octanol–water partition coefficient (Wildman–Crippen LogP) is -10.1. The van der Waals surface area contributed by atoms with Gasteiger partial charge in [-0.25, -0.2) is 4.79 Å². The molecular weight excluding hydrogens is 1490 g/mol. The van der Waals surface area contributed by atoms with Crippen molar-refractivity contribution in [2.24, 2.45) is 34.6 Å². The average Bonchev–Trinajstić information content (AvgIpc) is 1.61. The number of unbranched alkanes of at least 4 members (excludes halogenated alkanes) is 2. The van der Waals surface area contributed by atoms with Gasteiger partial charge in [0, 0.05) is 38.8 Å². The molecule has 29 N–H and O–H groups in total. The Morgan fingerprint density at radius 2 is 0.714 bits per heavy atom. The van der Waals surface area contributed by atoms with Gasteiger partial charge in [0.1, 0.15) is 78.5 Å². The van der Waals surface area contributed by atoms with Gasteiger partial charge in [-0.3, -0.25) is 86.3 Å². The number of aliphatic hydroxyl groups is 4. The van der Waals surface area contributed by atoms with Crippen LogP contribution in [0.3, 0.4) is 0 Å². The van der Waals surface area contributed by atoms with Crippen LogP contribution < -0.4 is 87.2 Å². The van der Waals surface area contributed by atoms with Gasteiger partial charge in [-0.1, -0.05) is 13.8 Å².